The molecule has 0 aliphatic carbocycles. The van der Waals surface area contributed by atoms with Crippen LogP contribution in [0, 0.1) is 0 Å². The first kappa shape index (κ1) is 24.6. The number of aliphatic hydroxyl groups is 1. The molecule has 1 aromatic heterocycles. The van der Waals surface area contributed by atoms with Crippen molar-refractivity contribution in [2.24, 2.45) is 0 Å². The van der Waals surface area contributed by atoms with E-state index in [1.807, 2.05) is 0 Å². The van der Waals surface area contributed by atoms with Crippen molar-refractivity contribution < 1.29 is 23.1 Å². The third kappa shape index (κ3) is 4.70. The Hall–Kier alpha value is -3.53. The molecule has 0 radical (unpaired) electrons. The summed E-state index contributed by atoms with van der Waals surface area (Å²) in [4.78, 5) is 31.7. The molecule has 1 aliphatic heterocycles. The molecule has 3 aromatic rings. The van der Waals surface area contributed by atoms with Crippen LogP contribution in [0.1, 0.15) is 22.7 Å². The Morgan fingerprint density at radius 2 is 1.71 bits per heavy atom. The smallest absolute Gasteiger partial charge is 0.295 e. The Balaban J connectivity index is 1.82. The van der Waals surface area contributed by atoms with Crippen LogP contribution in [0.5, 0.6) is 0 Å². The van der Waals surface area contributed by atoms with Gasteiger partial charge in [0.15, 0.2) is 0 Å². The summed E-state index contributed by atoms with van der Waals surface area (Å²) in [7, 11) is -0.840. The lowest BCUT2D eigenvalue weighted by atomic mass is 9.95. The van der Waals surface area contributed by atoms with E-state index < -0.39 is 33.5 Å². The molecule has 2 heterocycles. The third-order valence-electron chi connectivity index (χ3n) is 5.71. The maximum Gasteiger partial charge on any atom is 0.295 e. The highest BCUT2D eigenvalue weighted by atomic mass is 35.5. The van der Waals surface area contributed by atoms with E-state index >= 15 is 0 Å². The van der Waals surface area contributed by atoms with E-state index in [9.17, 15) is 23.1 Å². The van der Waals surface area contributed by atoms with E-state index in [0.717, 1.165) is 4.31 Å². The summed E-state index contributed by atoms with van der Waals surface area (Å²) in [5.74, 6) is -2.00. The molecule has 1 fully saturated rings. The predicted octanol–water partition coefficient (Wildman–Crippen LogP) is 3.61. The second-order valence-electron chi connectivity index (χ2n) is 8.15. The van der Waals surface area contributed by atoms with Gasteiger partial charge in [0.05, 0.1) is 16.5 Å². The Kier molecular flexibility index (Phi) is 6.75. The van der Waals surface area contributed by atoms with Crippen LogP contribution in [-0.2, 0) is 26.2 Å². The number of likely N-dealkylation sites (tertiary alicyclic amines) is 1. The number of hydrogen-bond acceptors (Lipinski definition) is 6. The standard InChI is InChI=1S/C25H22ClN3O5S/c1-28(2)35(33,34)20-11-7-18(8-12-20)23(30)21-22(17-5-9-19(26)10-6-17)29(25(32)24(21)31)15-16-4-3-13-27-14-16/h3-14,22,30H,15H2,1-2H3. The van der Waals surface area contributed by atoms with Gasteiger partial charge in [-0.15, -0.1) is 0 Å². The fourth-order valence-corrected chi connectivity index (χ4v) is 4.90. The van der Waals surface area contributed by atoms with Gasteiger partial charge < -0.3 is 10.0 Å². The van der Waals surface area contributed by atoms with Gasteiger partial charge in [0.1, 0.15) is 5.76 Å². The number of sulfonamides is 1. The minimum atomic E-state index is -3.67. The van der Waals surface area contributed by atoms with E-state index in [4.69, 9.17) is 11.6 Å². The van der Waals surface area contributed by atoms with Crippen LogP contribution in [0.25, 0.3) is 5.76 Å². The fourth-order valence-electron chi connectivity index (χ4n) is 3.87. The van der Waals surface area contributed by atoms with Gasteiger partial charge in [0.2, 0.25) is 10.0 Å². The number of aliphatic hydroxyl groups excluding tert-OH is 1. The zero-order valence-corrected chi connectivity index (χ0v) is 20.5. The van der Waals surface area contributed by atoms with E-state index in [2.05, 4.69) is 4.98 Å². The van der Waals surface area contributed by atoms with Gasteiger partial charge in [-0.2, -0.15) is 0 Å². The molecule has 0 bridgehead atoms. The van der Waals surface area contributed by atoms with Gasteiger partial charge in [-0.1, -0.05) is 29.8 Å². The molecule has 180 valence electrons. The summed E-state index contributed by atoms with van der Waals surface area (Å²) in [6.07, 6.45) is 3.20. The van der Waals surface area contributed by atoms with Crippen molar-refractivity contribution in [1.82, 2.24) is 14.2 Å². The normalized spacial score (nSPS) is 17.8. The van der Waals surface area contributed by atoms with E-state index in [1.165, 1.54) is 43.3 Å². The maximum atomic E-state index is 13.1. The number of ketones is 1. The number of Topliss-reactive ketones (excluding diaryl/α,β-unsaturated/α-hetero) is 1. The third-order valence-corrected chi connectivity index (χ3v) is 7.79. The average Bonchev–Trinajstić information content (AvgIpc) is 3.09. The maximum absolute atomic E-state index is 13.1. The van der Waals surface area contributed by atoms with Gasteiger partial charge >= 0.3 is 0 Å². The molecule has 10 heteroatoms. The zero-order chi connectivity index (χ0) is 25.3. The topological polar surface area (TPSA) is 108 Å². The molecular weight excluding hydrogens is 490 g/mol. The molecule has 0 saturated carbocycles. The van der Waals surface area contributed by atoms with Crippen molar-refractivity contribution in [3.05, 3.63) is 100 Å². The number of pyridine rings is 1. The molecule has 1 atom stereocenters. The molecule has 1 N–H and O–H groups in total. The SMILES string of the molecule is CN(C)S(=O)(=O)c1ccc(C(O)=C2C(=O)C(=O)N(Cc3cccnc3)C2c2ccc(Cl)cc2)cc1. The highest BCUT2D eigenvalue weighted by Gasteiger charge is 2.46. The Morgan fingerprint density at radius 3 is 2.29 bits per heavy atom. The summed E-state index contributed by atoms with van der Waals surface area (Å²) in [5, 5.41) is 11.6. The molecule has 8 nitrogen and oxygen atoms in total. The van der Waals surface area contributed by atoms with Crippen LogP contribution in [-0.4, -0.2) is 53.5 Å². The van der Waals surface area contributed by atoms with Crippen molar-refractivity contribution in [2.75, 3.05) is 14.1 Å². The molecule has 1 saturated heterocycles. The Labute approximate surface area is 208 Å². The first-order valence-corrected chi connectivity index (χ1v) is 12.4. The van der Waals surface area contributed by atoms with Crippen LogP contribution >= 0.6 is 11.6 Å². The van der Waals surface area contributed by atoms with Gasteiger partial charge in [0.25, 0.3) is 11.7 Å². The number of nitrogens with zero attached hydrogens (tertiary/aromatic N) is 3. The first-order valence-electron chi connectivity index (χ1n) is 10.6. The number of rotatable bonds is 6. The van der Waals surface area contributed by atoms with E-state index in [-0.39, 0.29) is 22.6 Å². The van der Waals surface area contributed by atoms with Crippen LogP contribution in [0.15, 0.2) is 83.5 Å². The molecule has 4 rings (SSSR count). The average molecular weight is 512 g/mol. The lowest BCUT2D eigenvalue weighted by molar-refractivity contribution is -0.140. The largest absolute Gasteiger partial charge is 0.507 e. The van der Waals surface area contributed by atoms with Crippen molar-refractivity contribution in [2.45, 2.75) is 17.5 Å². The second-order valence-corrected chi connectivity index (χ2v) is 10.7. The van der Waals surface area contributed by atoms with Crippen molar-refractivity contribution >= 4 is 39.1 Å². The Morgan fingerprint density at radius 1 is 1.06 bits per heavy atom. The molecule has 1 unspecified atom stereocenters. The molecule has 35 heavy (non-hydrogen) atoms. The molecule has 1 amide bonds. The molecule has 2 aromatic carbocycles. The number of hydrogen-bond donors (Lipinski definition) is 1. The number of carbonyl (C=O) groups is 2. The lowest BCUT2D eigenvalue weighted by Crippen LogP contribution is -2.29. The van der Waals surface area contributed by atoms with Crippen LogP contribution in [0.3, 0.4) is 0 Å². The van der Waals surface area contributed by atoms with E-state index in [1.54, 1.807) is 48.8 Å². The number of carbonyl (C=O) groups excluding carboxylic acids is 2. The highest BCUT2D eigenvalue weighted by Crippen LogP contribution is 2.40. The summed E-state index contributed by atoms with van der Waals surface area (Å²) >= 11 is 6.04. The first-order chi connectivity index (χ1) is 16.6. The number of aromatic nitrogens is 1. The summed E-state index contributed by atoms with van der Waals surface area (Å²) in [6, 6.07) is 14.8. The Bertz CT molecular complexity index is 1400. The van der Waals surface area contributed by atoms with Crippen molar-refractivity contribution in [3.8, 4) is 0 Å². The van der Waals surface area contributed by atoms with Crippen LogP contribution < -0.4 is 0 Å². The van der Waals surface area contributed by atoms with E-state index in [0.29, 0.717) is 16.1 Å². The molecule has 1 aliphatic rings. The van der Waals surface area contributed by atoms with Gasteiger partial charge in [-0.05, 0) is 53.6 Å². The summed E-state index contributed by atoms with van der Waals surface area (Å²) < 4.78 is 25.8. The second kappa shape index (κ2) is 9.61. The predicted molar refractivity (Wildman–Crippen MR) is 131 cm³/mol. The number of halogens is 1. The minimum absolute atomic E-state index is 0.0327. The van der Waals surface area contributed by atoms with Crippen molar-refractivity contribution in [3.63, 3.8) is 0 Å². The molecule has 0 spiro atoms. The summed E-state index contributed by atoms with van der Waals surface area (Å²) in [6.45, 7) is 0.0997. The van der Waals surface area contributed by atoms with Crippen LogP contribution in [0.4, 0.5) is 0 Å². The highest BCUT2D eigenvalue weighted by molar-refractivity contribution is 7.89. The zero-order valence-electron chi connectivity index (χ0n) is 18.9. The van der Waals surface area contributed by atoms with Gasteiger partial charge in [-0.25, -0.2) is 12.7 Å². The molecular formula is C25H22ClN3O5S. The summed E-state index contributed by atoms with van der Waals surface area (Å²) in [5.41, 5.74) is 1.42. The van der Waals surface area contributed by atoms with Crippen molar-refractivity contribution in [1.29, 1.82) is 0 Å². The van der Waals surface area contributed by atoms with Crippen LogP contribution in [0.2, 0.25) is 5.02 Å². The minimum Gasteiger partial charge on any atom is -0.507 e. The lowest BCUT2D eigenvalue weighted by Gasteiger charge is -2.25. The quantitative estimate of drug-likeness (QED) is 0.308. The number of benzene rings is 2. The van der Waals surface area contributed by atoms with Gasteiger partial charge in [-0.3, -0.25) is 14.6 Å². The fraction of sp³-hybridized carbons (Fsp3) is 0.160. The monoisotopic (exact) mass is 511 g/mol. The van der Waals surface area contributed by atoms with Gasteiger partial charge in [0, 0.05) is 43.6 Å². The number of amides is 1.